The number of carbonyl (C=O) groups is 1. The Bertz CT molecular complexity index is 815. The van der Waals surface area contributed by atoms with E-state index in [-0.39, 0.29) is 18.2 Å². The molecule has 0 saturated heterocycles. The molecule has 0 atom stereocenters. The Morgan fingerprint density at radius 1 is 1.29 bits per heavy atom. The molecule has 3 rings (SSSR count). The Morgan fingerprint density at radius 2 is 2.08 bits per heavy atom. The topological polar surface area (TPSA) is 80.0 Å². The van der Waals surface area contributed by atoms with Gasteiger partial charge >= 0.3 is 0 Å². The van der Waals surface area contributed by atoms with Crippen LogP contribution in [0.2, 0.25) is 0 Å². The summed E-state index contributed by atoms with van der Waals surface area (Å²) in [5, 5.41) is 17.6. The molecule has 124 valence electrons. The van der Waals surface area contributed by atoms with Crippen molar-refractivity contribution < 1.29 is 14.3 Å². The molecule has 0 aliphatic carbocycles. The lowest BCUT2D eigenvalue weighted by atomic mass is 10.3. The molecule has 0 fully saturated rings. The Balaban J connectivity index is 1.97. The maximum atomic E-state index is 13.2. The normalized spacial score (nSPS) is 10.8. The van der Waals surface area contributed by atoms with E-state index in [0.29, 0.717) is 24.5 Å². The van der Waals surface area contributed by atoms with Crippen molar-refractivity contribution in [3.8, 4) is 16.4 Å². The molecule has 1 aromatic carbocycles. The molecule has 0 unspecified atom stereocenters. The number of hydrogen-bond donors (Lipinski definition) is 2. The van der Waals surface area contributed by atoms with Gasteiger partial charge in [-0.1, -0.05) is 6.07 Å². The molecule has 0 aliphatic rings. The lowest BCUT2D eigenvalue weighted by molar-refractivity contribution is 0.0941. The number of benzene rings is 1. The van der Waals surface area contributed by atoms with Crippen molar-refractivity contribution in [2.24, 2.45) is 0 Å². The molecule has 8 heteroatoms. The van der Waals surface area contributed by atoms with Crippen LogP contribution in [0.4, 0.5) is 4.39 Å². The summed E-state index contributed by atoms with van der Waals surface area (Å²) in [6, 6.07) is 9.57. The number of aliphatic hydroxyl groups is 1. The number of nitrogens with one attached hydrogen (secondary N) is 1. The molecular weight excluding hydrogens is 331 g/mol. The zero-order chi connectivity index (χ0) is 16.9. The fourth-order valence-corrected chi connectivity index (χ4v) is 2.79. The summed E-state index contributed by atoms with van der Waals surface area (Å²) in [4.78, 5) is 17.3. The lowest BCUT2D eigenvalue weighted by Crippen LogP contribution is -2.26. The van der Waals surface area contributed by atoms with Gasteiger partial charge in [-0.25, -0.2) is 14.1 Å². The van der Waals surface area contributed by atoms with Gasteiger partial charge in [-0.2, -0.15) is 0 Å². The highest BCUT2D eigenvalue weighted by Gasteiger charge is 2.19. The lowest BCUT2D eigenvalue weighted by Gasteiger charge is -2.04. The fourth-order valence-electron chi connectivity index (χ4n) is 2.10. The Morgan fingerprint density at radius 3 is 2.75 bits per heavy atom. The van der Waals surface area contributed by atoms with Crippen LogP contribution in [0.1, 0.15) is 17.0 Å². The first-order valence-corrected chi connectivity index (χ1v) is 8.23. The van der Waals surface area contributed by atoms with E-state index in [0.717, 1.165) is 4.88 Å². The van der Waals surface area contributed by atoms with E-state index in [9.17, 15) is 9.18 Å². The summed E-state index contributed by atoms with van der Waals surface area (Å²) < 4.78 is 14.7. The number of hydrogen-bond acceptors (Lipinski definition) is 5. The molecule has 0 bridgehead atoms. The van der Waals surface area contributed by atoms with Crippen LogP contribution in [0, 0.1) is 5.82 Å². The van der Waals surface area contributed by atoms with Crippen LogP contribution in [-0.2, 0) is 0 Å². The van der Waals surface area contributed by atoms with Crippen LogP contribution in [0.5, 0.6) is 0 Å². The van der Waals surface area contributed by atoms with E-state index in [2.05, 4.69) is 15.4 Å². The van der Waals surface area contributed by atoms with E-state index in [1.807, 2.05) is 17.5 Å². The molecule has 6 nitrogen and oxygen atoms in total. The smallest absolute Gasteiger partial charge is 0.290 e. The monoisotopic (exact) mass is 346 g/mol. The highest BCUT2D eigenvalue weighted by molar-refractivity contribution is 7.13. The number of halogens is 1. The van der Waals surface area contributed by atoms with Gasteiger partial charge in [0.15, 0.2) is 5.82 Å². The largest absolute Gasteiger partial charge is 0.396 e. The van der Waals surface area contributed by atoms with Crippen molar-refractivity contribution in [1.29, 1.82) is 0 Å². The number of thiophene rings is 1. The second-order valence-electron chi connectivity index (χ2n) is 4.96. The molecule has 2 N–H and O–H groups in total. The third-order valence-corrected chi connectivity index (χ3v) is 4.11. The minimum Gasteiger partial charge on any atom is -0.396 e. The van der Waals surface area contributed by atoms with E-state index in [1.165, 1.54) is 28.2 Å². The molecule has 0 spiro atoms. The minimum atomic E-state index is -0.415. The zero-order valence-electron chi connectivity index (χ0n) is 12.6. The number of amides is 1. The van der Waals surface area contributed by atoms with Crippen molar-refractivity contribution in [3.63, 3.8) is 0 Å². The van der Waals surface area contributed by atoms with Gasteiger partial charge in [-0.05, 0) is 42.1 Å². The Kier molecular flexibility index (Phi) is 4.97. The first-order chi connectivity index (χ1) is 11.7. The van der Waals surface area contributed by atoms with Gasteiger partial charge in [0.2, 0.25) is 5.82 Å². The van der Waals surface area contributed by atoms with Crippen LogP contribution < -0.4 is 5.32 Å². The molecule has 2 heterocycles. The first-order valence-electron chi connectivity index (χ1n) is 7.35. The highest BCUT2D eigenvalue weighted by atomic mass is 32.1. The van der Waals surface area contributed by atoms with Crippen molar-refractivity contribution >= 4 is 17.2 Å². The van der Waals surface area contributed by atoms with E-state index in [1.54, 1.807) is 12.1 Å². The maximum Gasteiger partial charge on any atom is 0.290 e. The van der Waals surface area contributed by atoms with Crippen molar-refractivity contribution in [2.75, 3.05) is 13.2 Å². The van der Waals surface area contributed by atoms with Gasteiger partial charge in [0.05, 0.1) is 10.6 Å². The SMILES string of the molecule is O=C(NCCCO)c1nc(-c2cccs2)n(-c2ccc(F)cc2)n1. The fraction of sp³-hybridized carbons (Fsp3) is 0.188. The van der Waals surface area contributed by atoms with Gasteiger partial charge in [0.1, 0.15) is 5.82 Å². The molecule has 0 radical (unpaired) electrons. The third-order valence-electron chi connectivity index (χ3n) is 3.24. The van der Waals surface area contributed by atoms with Gasteiger partial charge in [-0.3, -0.25) is 4.79 Å². The van der Waals surface area contributed by atoms with Crippen LogP contribution in [0.3, 0.4) is 0 Å². The number of nitrogens with zero attached hydrogens (tertiary/aromatic N) is 3. The van der Waals surface area contributed by atoms with E-state index >= 15 is 0 Å². The van der Waals surface area contributed by atoms with Crippen molar-refractivity contribution in [3.05, 3.63) is 53.4 Å². The average molecular weight is 346 g/mol. The van der Waals surface area contributed by atoms with Gasteiger partial charge in [0, 0.05) is 13.2 Å². The first kappa shape index (κ1) is 16.3. The van der Waals surface area contributed by atoms with Crippen LogP contribution >= 0.6 is 11.3 Å². The minimum absolute atomic E-state index is 0.00181. The summed E-state index contributed by atoms with van der Waals surface area (Å²) in [6.07, 6.45) is 0.461. The number of carbonyl (C=O) groups excluding carboxylic acids is 1. The highest BCUT2D eigenvalue weighted by Crippen LogP contribution is 2.25. The summed E-state index contributed by atoms with van der Waals surface area (Å²) in [7, 11) is 0. The summed E-state index contributed by atoms with van der Waals surface area (Å²) >= 11 is 1.47. The van der Waals surface area contributed by atoms with Crippen molar-refractivity contribution in [2.45, 2.75) is 6.42 Å². The van der Waals surface area contributed by atoms with Crippen LogP contribution in [-0.4, -0.2) is 38.9 Å². The molecule has 1 amide bonds. The van der Waals surface area contributed by atoms with Crippen molar-refractivity contribution in [1.82, 2.24) is 20.1 Å². The molecule has 2 aromatic heterocycles. The van der Waals surface area contributed by atoms with Gasteiger partial charge in [-0.15, -0.1) is 16.4 Å². The Labute approximate surface area is 141 Å². The van der Waals surface area contributed by atoms with Crippen LogP contribution in [0.25, 0.3) is 16.4 Å². The van der Waals surface area contributed by atoms with E-state index in [4.69, 9.17) is 5.11 Å². The summed E-state index contributed by atoms with van der Waals surface area (Å²) in [6.45, 7) is 0.340. The second-order valence-corrected chi connectivity index (χ2v) is 5.91. The molecule has 0 aliphatic heterocycles. The predicted octanol–water partition coefficient (Wildman–Crippen LogP) is 2.25. The van der Waals surface area contributed by atoms with Gasteiger partial charge in [0.25, 0.3) is 5.91 Å². The number of aromatic nitrogens is 3. The quantitative estimate of drug-likeness (QED) is 0.671. The molecule has 24 heavy (non-hydrogen) atoms. The molecule has 3 aromatic rings. The maximum absolute atomic E-state index is 13.2. The average Bonchev–Trinajstić information content (AvgIpc) is 3.25. The second kappa shape index (κ2) is 7.33. The zero-order valence-corrected chi connectivity index (χ0v) is 13.5. The molecular formula is C16H15FN4O2S. The van der Waals surface area contributed by atoms with Gasteiger partial charge < -0.3 is 10.4 Å². The van der Waals surface area contributed by atoms with Crippen LogP contribution in [0.15, 0.2) is 41.8 Å². The standard InChI is InChI=1S/C16H15FN4O2S/c17-11-4-6-12(7-5-11)21-15(13-3-1-10-24-13)19-14(20-21)16(23)18-8-2-9-22/h1,3-7,10,22H,2,8-9H2,(H,18,23). The number of rotatable bonds is 6. The predicted molar refractivity (Wildman–Crippen MR) is 88.7 cm³/mol. The Hall–Kier alpha value is -2.58. The summed E-state index contributed by atoms with van der Waals surface area (Å²) in [5.41, 5.74) is 0.613. The van der Waals surface area contributed by atoms with E-state index < -0.39 is 5.91 Å². The molecule has 0 saturated carbocycles. The summed E-state index contributed by atoms with van der Waals surface area (Å²) in [5.74, 6) is -0.217. The number of aliphatic hydroxyl groups excluding tert-OH is 1. The third kappa shape index (κ3) is 3.50.